The quantitative estimate of drug-likeness (QED) is 0.469. The number of hydrogen-bond donors (Lipinski definition) is 1. The first-order valence-electron chi connectivity index (χ1n) is 9.96. The largest absolute Gasteiger partial charge is 0.481 e. The Bertz CT molecular complexity index is 1420. The molecular formula is C23H17F3N6O2. The van der Waals surface area contributed by atoms with Crippen LogP contribution in [0, 0.1) is 18.3 Å². The van der Waals surface area contributed by atoms with Gasteiger partial charge in [-0.15, -0.1) is 0 Å². The number of carbonyl (C=O) groups excluding carboxylic acids is 1. The zero-order chi connectivity index (χ0) is 24.5. The van der Waals surface area contributed by atoms with Crippen molar-refractivity contribution in [3.05, 3.63) is 76.9 Å². The molecule has 34 heavy (non-hydrogen) atoms. The molecule has 11 heteroatoms. The van der Waals surface area contributed by atoms with Crippen molar-refractivity contribution < 1.29 is 22.7 Å². The lowest BCUT2D eigenvalue weighted by molar-refractivity contribution is -0.140. The predicted octanol–water partition coefficient (Wildman–Crippen LogP) is 4.33. The van der Waals surface area contributed by atoms with Crippen LogP contribution in [0.3, 0.4) is 0 Å². The van der Waals surface area contributed by atoms with Crippen LogP contribution in [0.1, 0.15) is 33.0 Å². The number of benzene rings is 1. The Hall–Kier alpha value is -4.46. The minimum atomic E-state index is -4.81. The summed E-state index contributed by atoms with van der Waals surface area (Å²) in [7, 11) is 1.38. The number of ether oxygens (including phenoxy) is 1. The van der Waals surface area contributed by atoms with Crippen LogP contribution in [0.2, 0.25) is 0 Å². The van der Waals surface area contributed by atoms with Gasteiger partial charge in [0.25, 0.3) is 5.91 Å². The molecule has 0 saturated carbocycles. The second-order valence-corrected chi connectivity index (χ2v) is 7.31. The molecule has 0 radical (unpaired) electrons. The van der Waals surface area contributed by atoms with E-state index in [-0.39, 0.29) is 29.4 Å². The summed E-state index contributed by atoms with van der Waals surface area (Å²) < 4.78 is 47.7. The molecule has 1 N–H and O–H groups in total. The predicted molar refractivity (Wildman–Crippen MR) is 116 cm³/mol. The topological polar surface area (TPSA) is 106 Å². The normalized spacial score (nSPS) is 11.3. The number of para-hydroxylation sites is 1. The van der Waals surface area contributed by atoms with E-state index in [2.05, 4.69) is 20.4 Å². The number of carbonyl (C=O) groups is 1. The monoisotopic (exact) mass is 466 g/mol. The average molecular weight is 466 g/mol. The molecule has 0 bridgehead atoms. The molecule has 0 saturated heterocycles. The number of nitrogens with zero attached hydrogens (tertiary/aromatic N) is 5. The van der Waals surface area contributed by atoms with Gasteiger partial charge < -0.3 is 10.1 Å². The number of pyridine rings is 2. The first-order valence-corrected chi connectivity index (χ1v) is 9.96. The summed E-state index contributed by atoms with van der Waals surface area (Å²) in [4.78, 5) is 21.3. The molecule has 0 spiro atoms. The van der Waals surface area contributed by atoms with Crippen molar-refractivity contribution in [3.8, 4) is 11.9 Å². The number of nitriles is 1. The van der Waals surface area contributed by atoms with Gasteiger partial charge in [0, 0.05) is 17.6 Å². The zero-order valence-corrected chi connectivity index (χ0v) is 18.0. The number of hydrogen-bond acceptors (Lipinski definition) is 6. The average Bonchev–Trinajstić information content (AvgIpc) is 3.14. The third kappa shape index (κ3) is 4.38. The van der Waals surface area contributed by atoms with Crippen molar-refractivity contribution in [3.63, 3.8) is 0 Å². The van der Waals surface area contributed by atoms with E-state index in [9.17, 15) is 18.0 Å². The van der Waals surface area contributed by atoms with E-state index < -0.39 is 23.5 Å². The van der Waals surface area contributed by atoms with E-state index >= 15 is 0 Å². The minimum Gasteiger partial charge on any atom is -0.481 e. The molecule has 0 aliphatic heterocycles. The standard InChI is InChI=1S/C23H17F3N6O2/c1-13-20(30-22(33)17-9-19(34-2)29-18-6-4-3-5-16(17)18)21(23(24,25)26)31-32(13)12-14-7-8-15(10-27)28-11-14/h3-9,11H,12H2,1-2H3,(H,30,33). The number of methoxy groups -OCH3 is 1. The maximum Gasteiger partial charge on any atom is 0.437 e. The van der Waals surface area contributed by atoms with Gasteiger partial charge >= 0.3 is 6.18 Å². The number of amides is 1. The smallest absolute Gasteiger partial charge is 0.437 e. The molecule has 0 unspecified atom stereocenters. The fraction of sp³-hybridized carbons (Fsp3) is 0.174. The zero-order valence-electron chi connectivity index (χ0n) is 18.0. The summed E-state index contributed by atoms with van der Waals surface area (Å²) in [6.07, 6.45) is -3.42. The molecule has 0 aliphatic carbocycles. The van der Waals surface area contributed by atoms with Crippen LogP contribution in [0.25, 0.3) is 10.9 Å². The minimum absolute atomic E-state index is 0.0322. The number of aromatic nitrogens is 4. The highest BCUT2D eigenvalue weighted by atomic mass is 19.4. The van der Waals surface area contributed by atoms with Crippen molar-refractivity contribution >= 4 is 22.5 Å². The van der Waals surface area contributed by atoms with Crippen molar-refractivity contribution in [2.24, 2.45) is 0 Å². The maximum absolute atomic E-state index is 13.8. The lowest BCUT2D eigenvalue weighted by Gasteiger charge is -2.12. The van der Waals surface area contributed by atoms with Crippen molar-refractivity contribution in [2.45, 2.75) is 19.6 Å². The second-order valence-electron chi connectivity index (χ2n) is 7.31. The molecule has 1 amide bonds. The SMILES string of the molecule is COc1cc(C(=O)Nc2c(C(F)(F)F)nn(Cc3ccc(C#N)nc3)c2C)c2ccccc2n1. The number of alkyl halides is 3. The van der Waals surface area contributed by atoms with Gasteiger partial charge in [-0.1, -0.05) is 24.3 Å². The molecule has 3 heterocycles. The van der Waals surface area contributed by atoms with Crippen LogP contribution in [0.5, 0.6) is 5.88 Å². The Kier molecular flexibility index (Phi) is 5.89. The molecule has 1 aromatic carbocycles. The van der Waals surface area contributed by atoms with Crippen LogP contribution in [-0.4, -0.2) is 32.8 Å². The molecule has 8 nitrogen and oxygen atoms in total. The number of halogens is 3. The maximum atomic E-state index is 13.8. The van der Waals surface area contributed by atoms with E-state index in [1.165, 1.54) is 32.4 Å². The first kappa shape index (κ1) is 22.7. The highest BCUT2D eigenvalue weighted by Gasteiger charge is 2.39. The van der Waals surface area contributed by atoms with E-state index in [0.717, 1.165) is 4.68 Å². The van der Waals surface area contributed by atoms with Crippen molar-refractivity contribution in [1.82, 2.24) is 19.7 Å². The number of anilines is 1. The molecule has 0 atom stereocenters. The summed E-state index contributed by atoms with van der Waals surface area (Å²) in [6.45, 7) is 1.40. The van der Waals surface area contributed by atoms with Crippen LogP contribution in [0.15, 0.2) is 48.7 Å². The Balaban J connectivity index is 1.73. The van der Waals surface area contributed by atoms with Crippen molar-refractivity contribution in [2.75, 3.05) is 12.4 Å². The van der Waals surface area contributed by atoms with Gasteiger partial charge in [-0.2, -0.15) is 23.5 Å². The van der Waals surface area contributed by atoms with Gasteiger partial charge in [0.15, 0.2) is 5.69 Å². The van der Waals surface area contributed by atoms with E-state index in [4.69, 9.17) is 10.00 Å². The molecular weight excluding hydrogens is 449 g/mol. The number of nitrogens with one attached hydrogen (secondary N) is 1. The molecule has 4 rings (SSSR count). The fourth-order valence-electron chi connectivity index (χ4n) is 3.43. The third-order valence-electron chi connectivity index (χ3n) is 5.13. The van der Waals surface area contributed by atoms with E-state index in [1.54, 1.807) is 30.3 Å². The molecule has 0 fully saturated rings. The van der Waals surface area contributed by atoms with E-state index in [1.807, 2.05) is 6.07 Å². The van der Waals surface area contributed by atoms with Gasteiger partial charge in [-0.25, -0.2) is 9.97 Å². The molecule has 4 aromatic rings. The van der Waals surface area contributed by atoms with Crippen LogP contribution in [-0.2, 0) is 12.7 Å². The van der Waals surface area contributed by atoms with Crippen LogP contribution < -0.4 is 10.1 Å². The lowest BCUT2D eigenvalue weighted by atomic mass is 10.1. The summed E-state index contributed by atoms with van der Waals surface area (Å²) in [5, 5.41) is 15.4. The number of rotatable bonds is 5. The highest BCUT2D eigenvalue weighted by molar-refractivity contribution is 6.13. The summed E-state index contributed by atoms with van der Waals surface area (Å²) in [5.74, 6) is -0.606. The highest BCUT2D eigenvalue weighted by Crippen LogP contribution is 2.36. The van der Waals surface area contributed by atoms with Gasteiger partial charge in [0.2, 0.25) is 5.88 Å². The third-order valence-corrected chi connectivity index (χ3v) is 5.13. The fourth-order valence-corrected chi connectivity index (χ4v) is 3.43. The van der Waals surface area contributed by atoms with Gasteiger partial charge in [-0.05, 0) is 24.6 Å². The van der Waals surface area contributed by atoms with Gasteiger partial charge in [0.05, 0.1) is 36.1 Å². The Morgan fingerprint density at radius 2 is 2.00 bits per heavy atom. The summed E-state index contributed by atoms with van der Waals surface area (Å²) >= 11 is 0. The van der Waals surface area contributed by atoms with Crippen LogP contribution >= 0.6 is 0 Å². The summed E-state index contributed by atoms with van der Waals surface area (Å²) in [5.41, 5.74) is -0.256. The summed E-state index contributed by atoms with van der Waals surface area (Å²) in [6, 6.07) is 13.0. The van der Waals surface area contributed by atoms with Crippen molar-refractivity contribution in [1.29, 1.82) is 5.26 Å². The molecule has 0 aliphatic rings. The lowest BCUT2D eigenvalue weighted by Crippen LogP contribution is -2.17. The molecule has 3 aromatic heterocycles. The first-order chi connectivity index (χ1) is 16.2. The molecule has 172 valence electrons. The van der Waals surface area contributed by atoms with Gasteiger partial charge in [-0.3, -0.25) is 9.48 Å². The van der Waals surface area contributed by atoms with Crippen LogP contribution in [0.4, 0.5) is 18.9 Å². The second kappa shape index (κ2) is 8.82. The van der Waals surface area contributed by atoms with E-state index in [0.29, 0.717) is 16.5 Å². The Morgan fingerprint density at radius 1 is 1.24 bits per heavy atom. The Labute approximate surface area is 191 Å². The Morgan fingerprint density at radius 3 is 2.65 bits per heavy atom. The number of fused-ring (bicyclic) bond motifs is 1. The van der Waals surface area contributed by atoms with Gasteiger partial charge in [0.1, 0.15) is 11.8 Å².